The molecular formula is C15H18O3. The Morgan fingerprint density at radius 3 is 2.61 bits per heavy atom. The van der Waals surface area contributed by atoms with Crippen molar-refractivity contribution in [3.8, 4) is 0 Å². The monoisotopic (exact) mass is 246 g/mol. The SMILES string of the molecule is CCOC(=O)C(=O)c1ccc2c(c1)C[C@H](CC)C2. The molecular weight excluding hydrogens is 228 g/mol. The number of hydrogen-bond donors (Lipinski definition) is 0. The molecule has 0 saturated carbocycles. The van der Waals surface area contributed by atoms with Gasteiger partial charge in [-0.2, -0.15) is 0 Å². The standard InChI is InChI=1S/C15H18O3/c1-3-10-7-11-5-6-12(9-13(11)8-10)14(16)15(17)18-4-2/h5-6,9-10H,3-4,7-8H2,1-2H3/t10-/m1/s1. The van der Waals surface area contributed by atoms with E-state index in [9.17, 15) is 9.59 Å². The summed E-state index contributed by atoms with van der Waals surface area (Å²) in [5, 5.41) is 0. The fraction of sp³-hybridized carbons (Fsp3) is 0.467. The number of rotatable bonds is 4. The van der Waals surface area contributed by atoms with E-state index < -0.39 is 11.8 Å². The van der Waals surface area contributed by atoms with Gasteiger partial charge in [0.2, 0.25) is 0 Å². The number of Topliss-reactive ketones (excluding diaryl/α,β-unsaturated/α-hetero) is 1. The van der Waals surface area contributed by atoms with Crippen LogP contribution in [0.25, 0.3) is 0 Å². The van der Waals surface area contributed by atoms with Gasteiger partial charge in [-0.3, -0.25) is 4.79 Å². The molecule has 0 spiro atoms. The summed E-state index contributed by atoms with van der Waals surface area (Å²) in [5.74, 6) is -0.630. The normalized spacial score (nSPS) is 17.3. The number of ketones is 1. The van der Waals surface area contributed by atoms with E-state index in [1.165, 1.54) is 11.1 Å². The highest BCUT2D eigenvalue weighted by Gasteiger charge is 2.23. The average molecular weight is 246 g/mol. The molecule has 1 atom stereocenters. The summed E-state index contributed by atoms with van der Waals surface area (Å²) in [6, 6.07) is 5.55. The number of benzene rings is 1. The molecule has 0 heterocycles. The van der Waals surface area contributed by atoms with Crippen molar-refractivity contribution in [2.24, 2.45) is 5.92 Å². The minimum Gasteiger partial charge on any atom is -0.460 e. The molecule has 1 aliphatic rings. The first-order valence-electron chi connectivity index (χ1n) is 6.49. The fourth-order valence-corrected chi connectivity index (χ4v) is 2.45. The van der Waals surface area contributed by atoms with Crippen LogP contribution in [0.3, 0.4) is 0 Å². The average Bonchev–Trinajstić information content (AvgIpc) is 2.79. The predicted octanol–water partition coefficient (Wildman–Crippen LogP) is 2.56. The van der Waals surface area contributed by atoms with E-state index in [1.54, 1.807) is 13.0 Å². The number of hydrogen-bond acceptors (Lipinski definition) is 3. The van der Waals surface area contributed by atoms with Crippen molar-refractivity contribution in [2.75, 3.05) is 6.61 Å². The quantitative estimate of drug-likeness (QED) is 0.466. The maximum Gasteiger partial charge on any atom is 0.379 e. The van der Waals surface area contributed by atoms with Crippen molar-refractivity contribution in [3.05, 3.63) is 34.9 Å². The molecule has 1 aromatic rings. The van der Waals surface area contributed by atoms with E-state index in [4.69, 9.17) is 4.74 Å². The van der Waals surface area contributed by atoms with Crippen LogP contribution in [0.15, 0.2) is 18.2 Å². The van der Waals surface area contributed by atoms with Gasteiger partial charge in [-0.1, -0.05) is 25.5 Å². The van der Waals surface area contributed by atoms with Gasteiger partial charge in [0, 0.05) is 5.56 Å². The third-order valence-corrected chi connectivity index (χ3v) is 3.52. The molecule has 0 amide bonds. The van der Waals surface area contributed by atoms with Crippen LogP contribution in [-0.4, -0.2) is 18.4 Å². The fourth-order valence-electron chi connectivity index (χ4n) is 2.45. The summed E-state index contributed by atoms with van der Waals surface area (Å²) in [6.45, 7) is 4.11. The lowest BCUT2D eigenvalue weighted by Crippen LogP contribution is -2.17. The van der Waals surface area contributed by atoms with Crippen LogP contribution in [0.2, 0.25) is 0 Å². The molecule has 96 valence electrons. The van der Waals surface area contributed by atoms with Gasteiger partial charge in [0.25, 0.3) is 5.78 Å². The number of carbonyl (C=O) groups is 2. The first-order valence-corrected chi connectivity index (χ1v) is 6.49. The van der Waals surface area contributed by atoms with Gasteiger partial charge in [0.1, 0.15) is 0 Å². The molecule has 0 unspecified atom stereocenters. The molecule has 1 aromatic carbocycles. The van der Waals surface area contributed by atoms with Crippen molar-refractivity contribution in [3.63, 3.8) is 0 Å². The van der Waals surface area contributed by atoms with Crippen molar-refractivity contribution in [1.29, 1.82) is 0 Å². The molecule has 0 bridgehead atoms. The summed E-state index contributed by atoms with van der Waals surface area (Å²) >= 11 is 0. The third kappa shape index (κ3) is 2.45. The van der Waals surface area contributed by atoms with Crippen LogP contribution in [0.4, 0.5) is 0 Å². The molecule has 0 fully saturated rings. The minimum atomic E-state index is -0.762. The Balaban J connectivity index is 2.18. The van der Waals surface area contributed by atoms with Crippen LogP contribution in [0.1, 0.15) is 41.8 Å². The Morgan fingerprint density at radius 2 is 1.94 bits per heavy atom. The smallest absolute Gasteiger partial charge is 0.379 e. The summed E-state index contributed by atoms with van der Waals surface area (Å²) in [7, 11) is 0. The number of ether oxygens (including phenoxy) is 1. The van der Waals surface area contributed by atoms with Crippen LogP contribution in [0, 0.1) is 5.92 Å². The van der Waals surface area contributed by atoms with Gasteiger partial charge in [-0.15, -0.1) is 0 Å². The molecule has 3 nitrogen and oxygen atoms in total. The second-order valence-corrected chi connectivity index (χ2v) is 4.72. The predicted molar refractivity (Wildman–Crippen MR) is 68.6 cm³/mol. The van der Waals surface area contributed by atoms with E-state index in [0.717, 1.165) is 19.3 Å². The van der Waals surface area contributed by atoms with Crippen LogP contribution < -0.4 is 0 Å². The first kappa shape index (κ1) is 12.8. The first-order chi connectivity index (χ1) is 8.65. The second kappa shape index (κ2) is 5.34. The molecule has 0 N–H and O–H groups in total. The van der Waals surface area contributed by atoms with Crippen molar-refractivity contribution in [2.45, 2.75) is 33.1 Å². The molecule has 0 aromatic heterocycles. The summed E-state index contributed by atoms with van der Waals surface area (Å²) in [5.41, 5.74) is 2.96. The summed E-state index contributed by atoms with van der Waals surface area (Å²) in [4.78, 5) is 23.2. The number of esters is 1. The van der Waals surface area contributed by atoms with Gasteiger partial charge in [0.15, 0.2) is 0 Å². The molecule has 2 rings (SSSR count). The van der Waals surface area contributed by atoms with Crippen LogP contribution in [-0.2, 0) is 22.4 Å². The molecule has 3 heteroatoms. The second-order valence-electron chi connectivity index (χ2n) is 4.72. The lowest BCUT2D eigenvalue weighted by atomic mass is 10.0. The Morgan fingerprint density at radius 1 is 1.22 bits per heavy atom. The minimum absolute atomic E-state index is 0.230. The Kier molecular flexibility index (Phi) is 3.80. The van der Waals surface area contributed by atoms with Crippen LogP contribution in [0.5, 0.6) is 0 Å². The van der Waals surface area contributed by atoms with Crippen molar-refractivity contribution in [1.82, 2.24) is 0 Å². The Bertz CT molecular complexity index is 477. The maximum atomic E-state index is 11.8. The molecule has 1 aliphatic carbocycles. The van der Waals surface area contributed by atoms with E-state index in [2.05, 4.69) is 6.92 Å². The Labute approximate surface area is 107 Å². The van der Waals surface area contributed by atoms with Gasteiger partial charge in [-0.25, -0.2) is 4.79 Å². The number of carbonyl (C=O) groups excluding carboxylic acids is 2. The van der Waals surface area contributed by atoms with Crippen LogP contribution >= 0.6 is 0 Å². The highest BCUT2D eigenvalue weighted by molar-refractivity contribution is 6.40. The lowest BCUT2D eigenvalue weighted by molar-refractivity contribution is -0.137. The summed E-state index contributed by atoms with van der Waals surface area (Å²) < 4.78 is 4.73. The van der Waals surface area contributed by atoms with Crippen molar-refractivity contribution < 1.29 is 14.3 Å². The summed E-state index contributed by atoms with van der Waals surface area (Å²) in [6.07, 6.45) is 3.24. The highest BCUT2D eigenvalue weighted by Crippen LogP contribution is 2.29. The van der Waals surface area contributed by atoms with Gasteiger partial charge < -0.3 is 4.74 Å². The van der Waals surface area contributed by atoms with Gasteiger partial charge in [0.05, 0.1) is 6.61 Å². The van der Waals surface area contributed by atoms with E-state index >= 15 is 0 Å². The van der Waals surface area contributed by atoms with E-state index in [0.29, 0.717) is 11.5 Å². The zero-order valence-corrected chi connectivity index (χ0v) is 10.9. The topological polar surface area (TPSA) is 43.4 Å². The largest absolute Gasteiger partial charge is 0.460 e. The maximum absolute atomic E-state index is 11.8. The molecule has 0 saturated heterocycles. The Hall–Kier alpha value is -1.64. The lowest BCUT2D eigenvalue weighted by Gasteiger charge is -2.03. The van der Waals surface area contributed by atoms with E-state index in [-0.39, 0.29) is 6.61 Å². The van der Waals surface area contributed by atoms with Gasteiger partial charge in [-0.05, 0) is 42.9 Å². The zero-order chi connectivity index (χ0) is 13.1. The molecule has 0 aliphatic heterocycles. The highest BCUT2D eigenvalue weighted by atomic mass is 16.5. The third-order valence-electron chi connectivity index (χ3n) is 3.52. The van der Waals surface area contributed by atoms with Gasteiger partial charge >= 0.3 is 5.97 Å². The number of fused-ring (bicyclic) bond motifs is 1. The van der Waals surface area contributed by atoms with E-state index in [1.807, 2.05) is 12.1 Å². The zero-order valence-electron chi connectivity index (χ0n) is 10.9. The van der Waals surface area contributed by atoms with Crippen molar-refractivity contribution >= 4 is 11.8 Å². The molecule has 0 radical (unpaired) electrons. The molecule has 18 heavy (non-hydrogen) atoms.